The van der Waals surface area contributed by atoms with Crippen LogP contribution in [-0.2, 0) is 40.9 Å². The van der Waals surface area contributed by atoms with Crippen LogP contribution in [0.4, 0.5) is 0 Å². The van der Waals surface area contributed by atoms with E-state index in [-0.39, 0.29) is 29.4 Å². The van der Waals surface area contributed by atoms with E-state index in [1.165, 1.54) is 12.1 Å². The molecule has 3 aliphatic heterocycles. The molecular formula is C37H54O15. The standard InChI is InChI=1S/C37H54O15/c1-4-20(2)11-7-5-8-12-21(3)24(41)13-9-6-10-14-28(43)50-34-33(51-36-32(46)31(45)30(44)26(17-38)49-36)27(18-39)52-37(35(34)47)29-22(19-48-37)15-23(40)16-25(29)42/h6-7,9-11,14-16,20-21,24,26-27,30-36,38-42,44-47H,4-5,8,12-13,17-19H2,1-3H3/b9-6+,11-7+,14-10+/t20?,21?,24?,26-,27-,30+,31+,32-,33-,34+,35-,36+,37?/m1/s1. The quantitative estimate of drug-likeness (QED) is 0.0376. The van der Waals surface area contributed by atoms with E-state index in [1.807, 2.05) is 6.92 Å². The molecule has 2 saturated heterocycles. The van der Waals surface area contributed by atoms with Crippen molar-refractivity contribution in [2.45, 2.75) is 126 Å². The second-order valence-corrected chi connectivity index (χ2v) is 13.8. The number of aliphatic hydroxyl groups is 7. The summed E-state index contributed by atoms with van der Waals surface area (Å²) in [5.74, 6) is -3.41. The molecule has 4 unspecified atom stereocenters. The molecule has 0 radical (unpaired) electrons. The normalized spacial score (nSPS) is 33.9. The van der Waals surface area contributed by atoms with E-state index in [1.54, 1.807) is 12.2 Å². The van der Waals surface area contributed by atoms with Crippen molar-refractivity contribution in [1.29, 1.82) is 0 Å². The molecule has 15 heteroatoms. The molecule has 2 fully saturated rings. The zero-order valence-corrected chi connectivity index (χ0v) is 29.7. The van der Waals surface area contributed by atoms with E-state index < -0.39 is 91.9 Å². The molecule has 292 valence electrons. The molecule has 0 bridgehead atoms. The van der Waals surface area contributed by atoms with Gasteiger partial charge in [0.25, 0.3) is 0 Å². The maximum atomic E-state index is 13.2. The fourth-order valence-electron chi connectivity index (χ4n) is 6.56. The molecule has 1 aromatic carbocycles. The van der Waals surface area contributed by atoms with Gasteiger partial charge in [-0.05, 0) is 49.1 Å². The fourth-order valence-corrected chi connectivity index (χ4v) is 6.56. The van der Waals surface area contributed by atoms with Crippen LogP contribution in [0.5, 0.6) is 11.5 Å². The van der Waals surface area contributed by atoms with Gasteiger partial charge in [-0.3, -0.25) is 0 Å². The number of hydrogen-bond donors (Lipinski definition) is 9. The third kappa shape index (κ3) is 9.59. The third-order valence-corrected chi connectivity index (χ3v) is 9.92. The number of ether oxygens (including phenoxy) is 5. The van der Waals surface area contributed by atoms with E-state index >= 15 is 0 Å². The molecule has 13 atom stereocenters. The van der Waals surface area contributed by atoms with Gasteiger partial charge in [0.15, 0.2) is 18.5 Å². The minimum atomic E-state index is -2.22. The number of aromatic hydroxyl groups is 2. The average Bonchev–Trinajstić information content (AvgIpc) is 3.49. The lowest BCUT2D eigenvalue weighted by atomic mass is 9.86. The topological polar surface area (TPSA) is 245 Å². The van der Waals surface area contributed by atoms with Gasteiger partial charge in [0.1, 0.15) is 48.1 Å². The monoisotopic (exact) mass is 738 g/mol. The Hall–Kier alpha value is -2.93. The summed E-state index contributed by atoms with van der Waals surface area (Å²) in [7, 11) is 0. The zero-order chi connectivity index (χ0) is 38.2. The van der Waals surface area contributed by atoms with Crippen LogP contribution in [0.3, 0.4) is 0 Å². The molecule has 0 aliphatic carbocycles. The van der Waals surface area contributed by atoms with Crippen LogP contribution >= 0.6 is 0 Å². The van der Waals surface area contributed by atoms with Crippen molar-refractivity contribution < 1.29 is 74.4 Å². The largest absolute Gasteiger partial charge is 0.508 e. The van der Waals surface area contributed by atoms with Gasteiger partial charge in [-0.25, -0.2) is 4.79 Å². The van der Waals surface area contributed by atoms with Gasteiger partial charge in [-0.1, -0.05) is 57.6 Å². The SMILES string of the molecule is CCC(C)/C=C/CCCC(C)C(O)C/C=C/C=C/C(=O)O[C@H]1[C@H](O[C@@H]2O[C@H](CO)[C@H](O)[C@H](O)[C@H]2O)[C@@H](CO)OC2(OCc3cc(O)cc(O)c32)[C@@H]1O. The molecule has 1 aromatic rings. The maximum Gasteiger partial charge on any atom is 0.331 e. The van der Waals surface area contributed by atoms with Crippen LogP contribution in [0.15, 0.2) is 48.6 Å². The molecule has 15 nitrogen and oxygen atoms in total. The van der Waals surface area contributed by atoms with Crippen molar-refractivity contribution in [2.75, 3.05) is 13.2 Å². The summed E-state index contributed by atoms with van der Waals surface area (Å²) < 4.78 is 28.8. The van der Waals surface area contributed by atoms with Crippen molar-refractivity contribution in [1.82, 2.24) is 0 Å². The summed E-state index contributed by atoms with van der Waals surface area (Å²) in [5.41, 5.74) is 0.156. The number of hydrogen-bond acceptors (Lipinski definition) is 15. The summed E-state index contributed by atoms with van der Waals surface area (Å²) in [6.45, 7) is 4.44. The number of phenols is 2. The molecule has 4 rings (SSSR count). The molecule has 0 aromatic heterocycles. The summed E-state index contributed by atoms with van der Waals surface area (Å²) >= 11 is 0. The van der Waals surface area contributed by atoms with Crippen LogP contribution < -0.4 is 0 Å². The summed E-state index contributed by atoms with van der Waals surface area (Å²) in [4.78, 5) is 13.2. The predicted octanol–water partition coefficient (Wildman–Crippen LogP) is 0.902. The highest BCUT2D eigenvalue weighted by Gasteiger charge is 2.62. The number of carbonyl (C=O) groups is 1. The van der Waals surface area contributed by atoms with Gasteiger partial charge in [0.2, 0.25) is 5.79 Å². The lowest BCUT2D eigenvalue weighted by Gasteiger charge is -2.50. The number of aliphatic hydroxyl groups excluding tert-OH is 7. The number of esters is 1. The highest BCUT2D eigenvalue weighted by molar-refractivity contribution is 5.82. The number of benzene rings is 1. The van der Waals surface area contributed by atoms with Crippen molar-refractivity contribution in [3.63, 3.8) is 0 Å². The first-order valence-corrected chi connectivity index (χ1v) is 17.8. The number of allylic oxidation sites excluding steroid dienone is 4. The minimum Gasteiger partial charge on any atom is -0.508 e. The lowest BCUT2D eigenvalue weighted by molar-refractivity contribution is -0.395. The van der Waals surface area contributed by atoms with Crippen molar-refractivity contribution >= 4 is 5.97 Å². The molecule has 3 heterocycles. The molecule has 3 aliphatic rings. The lowest BCUT2D eigenvalue weighted by Crippen LogP contribution is -2.67. The predicted molar refractivity (Wildman–Crippen MR) is 183 cm³/mol. The first-order chi connectivity index (χ1) is 24.8. The Morgan fingerprint density at radius 1 is 1.00 bits per heavy atom. The maximum absolute atomic E-state index is 13.2. The molecule has 9 N–H and O–H groups in total. The van der Waals surface area contributed by atoms with E-state index in [2.05, 4.69) is 26.0 Å². The molecule has 52 heavy (non-hydrogen) atoms. The number of carbonyl (C=O) groups excluding carboxylic acids is 1. The highest BCUT2D eigenvalue weighted by atomic mass is 16.8. The Bertz CT molecular complexity index is 1400. The van der Waals surface area contributed by atoms with E-state index in [9.17, 15) is 50.8 Å². The minimum absolute atomic E-state index is 0.0596. The summed E-state index contributed by atoms with van der Waals surface area (Å²) in [5, 5.41) is 94.3. The van der Waals surface area contributed by atoms with Crippen molar-refractivity contribution in [3.8, 4) is 11.5 Å². The van der Waals surface area contributed by atoms with Gasteiger partial charge in [-0.2, -0.15) is 0 Å². The molecular weight excluding hydrogens is 684 g/mol. The van der Waals surface area contributed by atoms with Gasteiger partial charge >= 0.3 is 5.97 Å². The van der Waals surface area contributed by atoms with E-state index in [0.29, 0.717) is 12.3 Å². The van der Waals surface area contributed by atoms with Gasteiger partial charge in [-0.15, -0.1) is 0 Å². The van der Waals surface area contributed by atoms with Crippen LogP contribution in [0.1, 0.15) is 64.0 Å². The van der Waals surface area contributed by atoms with Gasteiger partial charge < -0.3 is 69.6 Å². The number of fused-ring (bicyclic) bond motifs is 2. The van der Waals surface area contributed by atoms with Crippen LogP contribution in [0.2, 0.25) is 0 Å². The van der Waals surface area contributed by atoms with Crippen LogP contribution in [0, 0.1) is 11.8 Å². The number of phenolic OH excluding ortho intramolecular Hbond substituents is 2. The van der Waals surface area contributed by atoms with Crippen molar-refractivity contribution in [3.05, 3.63) is 59.7 Å². The van der Waals surface area contributed by atoms with Crippen molar-refractivity contribution in [2.24, 2.45) is 11.8 Å². The van der Waals surface area contributed by atoms with Crippen LogP contribution in [-0.4, -0.2) is 126 Å². The first-order valence-electron chi connectivity index (χ1n) is 17.8. The Labute approximate surface area is 303 Å². The van der Waals surface area contributed by atoms with Crippen LogP contribution in [0.25, 0.3) is 0 Å². The van der Waals surface area contributed by atoms with Gasteiger partial charge in [0, 0.05) is 12.1 Å². The van der Waals surface area contributed by atoms with Gasteiger partial charge in [0.05, 0.1) is 31.5 Å². The molecule has 1 spiro atoms. The second kappa shape index (κ2) is 18.9. The Morgan fingerprint density at radius 3 is 2.42 bits per heavy atom. The highest BCUT2D eigenvalue weighted by Crippen LogP contribution is 2.51. The fraction of sp³-hybridized carbons (Fsp3) is 0.649. The van der Waals surface area contributed by atoms with E-state index in [4.69, 9.17) is 23.7 Å². The molecule has 0 saturated carbocycles. The first kappa shape index (κ1) is 41.8. The Balaban J connectivity index is 1.49. The number of unbranched alkanes of at least 4 members (excludes halogenated alkanes) is 1. The molecule has 0 amide bonds. The summed E-state index contributed by atoms with van der Waals surface area (Å²) in [6, 6.07) is 2.28. The average molecular weight is 739 g/mol. The Kier molecular flexibility index (Phi) is 15.2. The third-order valence-electron chi connectivity index (χ3n) is 9.92. The summed E-state index contributed by atoms with van der Waals surface area (Å²) in [6.07, 6.45) is -1.72. The number of rotatable bonds is 16. The smallest absolute Gasteiger partial charge is 0.331 e. The second-order valence-electron chi connectivity index (χ2n) is 13.8. The van der Waals surface area contributed by atoms with E-state index in [0.717, 1.165) is 37.8 Å². The zero-order valence-electron chi connectivity index (χ0n) is 29.7. The Morgan fingerprint density at radius 2 is 1.73 bits per heavy atom.